The fraction of sp³-hybridized carbons (Fsp3) is 0.333. The van der Waals surface area contributed by atoms with Gasteiger partial charge < -0.3 is 5.73 Å². The largest absolute Gasteiger partial charge is 0.412 e. The maximum atomic E-state index is 12.5. The molecule has 2 rings (SSSR count). The molecule has 0 fully saturated rings. The van der Waals surface area contributed by atoms with Crippen LogP contribution in [0.4, 0.5) is 18.9 Å². The first-order chi connectivity index (χ1) is 9.62. The Labute approximate surface area is 128 Å². The van der Waals surface area contributed by atoms with E-state index >= 15 is 0 Å². The van der Waals surface area contributed by atoms with Crippen LogP contribution in [-0.4, -0.2) is 32.0 Å². The Morgan fingerprint density at radius 3 is 2.43 bits per heavy atom. The van der Waals surface area contributed by atoms with E-state index in [4.69, 9.17) is 5.73 Å². The van der Waals surface area contributed by atoms with E-state index in [0.717, 1.165) is 10.4 Å². The maximum absolute atomic E-state index is 12.5. The normalized spacial score (nSPS) is 17.6. The maximum Gasteiger partial charge on any atom is 0.412 e. The zero-order valence-corrected chi connectivity index (χ0v) is 13.1. The second-order valence-corrected chi connectivity index (χ2v) is 7.29. The van der Waals surface area contributed by atoms with Crippen molar-refractivity contribution in [2.45, 2.75) is 17.5 Å². The molecule has 0 saturated carbocycles. The van der Waals surface area contributed by atoms with Crippen LogP contribution < -0.4 is 5.73 Å². The molecule has 1 aromatic rings. The van der Waals surface area contributed by atoms with Crippen LogP contribution in [0, 0.1) is 0 Å². The number of sulfonamides is 1. The molecule has 1 aromatic carbocycles. The number of nitrogens with zero attached hydrogens (tertiary/aromatic N) is 1. The smallest absolute Gasteiger partial charge is 0.399 e. The van der Waals surface area contributed by atoms with Gasteiger partial charge in [0.05, 0.1) is 4.90 Å². The van der Waals surface area contributed by atoms with Crippen LogP contribution in [0.15, 0.2) is 39.2 Å². The Bertz CT molecular complexity index is 686. The van der Waals surface area contributed by atoms with Gasteiger partial charge in [0.15, 0.2) is 0 Å². The highest BCUT2D eigenvalue weighted by Crippen LogP contribution is 2.33. The SMILES string of the molecule is Nc1ccc(S(=O)(=O)N2CC=C(C(F)(F)F)CC2)c(Br)c1. The molecule has 0 aliphatic carbocycles. The van der Waals surface area contributed by atoms with Gasteiger partial charge in [-0.05, 0) is 40.5 Å². The lowest BCUT2D eigenvalue weighted by atomic mass is 10.1. The number of anilines is 1. The van der Waals surface area contributed by atoms with Gasteiger partial charge in [0.1, 0.15) is 0 Å². The molecule has 9 heteroatoms. The van der Waals surface area contributed by atoms with Crippen molar-refractivity contribution in [3.05, 3.63) is 34.3 Å². The molecule has 0 unspecified atom stereocenters. The van der Waals surface area contributed by atoms with Crippen LogP contribution >= 0.6 is 15.9 Å². The Balaban J connectivity index is 2.29. The summed E-state index contributed by atoms with van der Waals surface area (Å²) in [4.78, 5) is -0.0134. The molecule has 1 aliphatic rings. The molecule has 0 aromatic heterocycles. The Hall–Kier alpha value is -1.06. The van der Waals surface area contributed by atoms with Gasteiger partial charge in [-0.25, -0.2) is 8.42 Å². The molecule has 0 saturated heterocycles. The second kappa shape index (κ2) is 5.62. The highest BCUT2D eigenvalue weighted by atomic mass is 79.9. The van der Waals surface area contributed by atoms with Gasteiger partial charge in [-0.3, -0.25) is 0 Å². The summed E-state index contributed by atoms with van der Waals surface area (Å²) in [7, 11) is -3.86. The van der Waals surface area contributed by atoms with Gasteiger partial charge in [0, 0.05) is 28.8 Å². The molecule has 0 amide bonds. The minimum Gasteiger partial charge on any atom is -0.399 e. The molecule has 0 bridgehead atoms. The first-order valence-electron chi connectivity index (χ1n) is 5.94. The molecule has 0 atom stereocenters. The van der Waals surface area contributed by atoms with Gasteiger partial charge >= 0.3 is 6.18 Å². The quantitative estimate of drug-likeness (QED) is 0.629. The van der Waals surface area contributed by atoms with Crippen molar-refractivity contribution in [2.24, 2.45) is 0 Å². The van der Waals surface area contributed by atoms with E-state index in [-0.39, 0.29) is 28.9 Å². The van der Waals surface area contributed by atoms with E-state index in [1.54, 1.807) is 0 Å². The summed E-state index contributed by atoms with van der Waals surface area (Å²) in [6.07, 6.45) is -3.85. The van der Waals surface area contributed by atoms with Crippen LogP contribution in [-0.2, 0) is 10.0 Å². The van der Waals surface area contributed by atoms with Crippen LogP contribution in [0.3, 0.4) is 0 Å². The van der Waals surface area contributed by atoms with Gasteiger partial charge in [-0.2, -0.15) is 17.5 Å². The van der Waals surface area contributed by atoms with E-state index in [1.807, 2.05) is 0 Å². The Kier molecular flexibility index (Phi) is 4.36. The third-order valence-corrected chi connectivity index (χ3v) is 5.95. The molecule has 21 heavy (non-hydrogen) atoms. The van der Waals surface area contributed by atoms with Crippen molar-refractivity contribution in [1.82, 2.24) is 4.31 Å². The first-order valence-corrected chi connectivity index (χ1v) is 8.17. The van der Waals surface area contributed by atoms with Crippen LogP contribution in [0.2, 0.25) is 0 Å². The second-order valence-electron chi connectivity index (χ2n) is 4.53. The average molecular weight is 385 g/mol. The molecule has 0 radical (unpaired) electrons. The lowest BCUT2D eigenvalue weighted by Crippen LogP contribution is -2.36. The number of rotatable bonds is 2. The Morgan fingerprint density at radius 1 is 1.29 bits per heavy atom. The third kappa shape index (κ3) is 3.41. The molecule has 0 spiro atoms. The minimum atomic E-state index is -4.41. The summed E-state index contributed by atoms with van der Waals surface area (Å²) in [5.41, 5.74) is 5.24. The molecule has 1 aliphatic heterocycles. The van der Waals surface area contributed by atoms with E-state index in [0.29, 0.717) is 5.69 Å². The number of alkyl halides is 3. The third-order valence-electron chi connectivity index (χ3n) is 3.11. The monoisotopic (exact) mass is 384 g/mol. The van der Waals surface area contributed by atoms with Crippen LogP contribution in [0.25, 0.3) is 0 Å². The molecule has 2 N–H and O–H groups in total. The zero-order valence-electron chi connectivity index (χ0n) is 10.7. The van der Waals surface area contributed by atoms with Crippen molar-refractivity contribution in [3.8, 4) is 0 Å². The van der Waals surface area contributed by atoms with Crippen molar-refractivity contribution < 1.29 is 21.6 Å². The van der Waals surface area contributed by atoms with Gasteiger partial charge in [-0.15, -0.1) is 0 Å². The lowest BCUT2D eigenvalue weighted by Gasteiger charge is -2.27. The van der Waals surface area contributed by atoms with Crippen molar-refractivity contribution in [2.75, 3.05) is 18.8 Å². The average Bonchev–Trinajstić information content (AvgIpc) is 2.37. The molecule has 1 heterocycles. The molecule has 4 nitrogen and oxygen atoms in total. The zero-order chi connectivity index (χ0) is 15.8. The lowest BCUT2D eigenvalue weighted by molar-refractivity contribution is -0.0953. The fourth-order valence-electron chi connectivity index (χ4n) is 1.99. The summed E-state index contributed by atoms with van der Waals surface area (Å²) in [6.45, 7) is -0.502. The van der Waals surface area contributed by atoms with Crippen molar-refractivity contribution in [1.29, 1.82) is 0 Å². The fourth-order valence-corrected chi connectivity index (χ4v) is 4.43. The van der Waals surface area contributed by atoms with Crippen LogP contribution in [0.5, 0.6) is 0 Å². The minimum absolute atomic E-state index is 0.0134. The van der Waals surface area contributed by atoms with E-state index < -0.39 is 21.8 Å². The number of benzene rings is 1. The van der Waals surface area contributed by atoms with E-state index in [2.05, 4.69) is 15.9 Å². The highest BCUT2D eigenvalue weighted by Gasteiger charge is 2.37. The van der Waals surface area contributed by atoms with E-state index in [9.17, 15) is 21.6 Å². The standard InChI is InChI=1S/C12H12BrF3N2O2S/c13-10-7-9(17)1-2-11(10)21(19,20)18-5-3-8(4-6-18)12(14,15)16/h1-3,7H,4-6,17H2. The molecular formula is C12H12BrF3N2O2S. The number of hydrogen-bond acceptors (Lipinski definition) is 3. The molecular weight excluding hydrogens is 373 g/mol. The molecule has 116 valence electrons. The predicted octanol–water partition coefficient (Wildman–Crippen LogP) is 2.91. The van der Waals surface area contributed by atoms with Gasteiger partial charge in [0.25, 0.3) is 0 Å². The van der Waals surface area contributed by atoms with Crippen molar-refractivity contribution in [3.63, 3.8) is 0 Å². The Morgan fingerprint density at radius 2 is 1.95 bits per heavy atom. The number of nitrogen functional groups attached to an aromatic ring is 1. The predicted molar refractivity (Wildman–Crippen MR) is 76.1 cm³/mol. The van der Waals surface area contributed by atoms with E-state index in [1.165, 1.54) is 18.2 Å². The summed E-state index contributed by atoms with van der Waals surface area (Å²) in [5, 5.41) is 0. The van der Waals surface area contributed by atoms with Crippen molar-refractivity contribution >= 4 is 31.6 Å². The van der Waals surface area contributed by atoms with Gasteiger partial charge in [0.2, 0.25) is 10.0 Å². The summed E-state index contributed by atoms with van der Waals surface area (Å²) in [5.74, 6) is 0. The highest BCUT2D eigenvalue weighted by molar-refractivity contribution is 9.10. The first kappa shape index (κ1) is 16.3. The number of nitrogens with two attached hydrogens (primary N) is 1. The van der Waals surface area contributed by atoms with Crippen LogP contribution in [0.1, 0.15) is 6.42 Å². The topological polar surface area (TPSA) is 63.4 Å². The summed E-state index contributed by atoms with van der Waals surface area (Å²) < 4.78 is 63.8. The summed E-state index contributed by atoms with van der Waals surface area (Å²) >= 11 is 3.11. The number of halogens is 4. The number of hydrogen-bond donors (Lipinski definition) is 1. The van der Waals surface area contributed by atoms with Gasteiger partial charge in [-0.1, -0.05) is 6.08 Å². The summed E-state index contributed by atoms with van der Waals surface area (Å²) in [6, 6.07) is 4.20.